The monoisotopic (exact) mass is 202 g/mol. The number of hydrogen-bond acceptors (Lipinski definition) is 0. The van der Waals surface area contributed by atoms with E-state index in [1.165, 1.54) is 18.0 Å². The van der Waals surface area contributed by atoms with Gasteiger partial charge in [-0.25, -0.2) is 0 Å². The van der Waals surface area contributed by atoms with E-state index in [0.29, 0.717) is 0 Å². The highest BCUT2D eigenvalue weighted by Gasteiger charge is 2.22. The lowest BCUT2D eigenvalue weighted by molar-refractivity contribution is 1.13. The summed E-state index contributed by atoms with van der Waals surface area (Å²) in [7, 11) is -1.28. The second kappa shape index (κ2) is 3.74. The van der Waals surface area contributed by atoms with Crippen molar-refractivity contribution in [2.45, 2.75) is 25.9 Å². The Morgan fingerprint density at radius 2 is 1.79 bits per heavy atom. The second-order valence-electron chi connectivity index (χ2n) is 4.78. The SMILES string of the molecule is C[Si](C)(/C=C/C1CC1)c1ccccc1. The molecule has 0 unspecified atom stereocenters. The van der Waals surface area contributed by atoms with E-state index in [9.17, 15) is 0 Å². The molecule has 1 aromatic rings. The van der Waals surface area contributed by atoms with Crippen LogP contribution in [0.3, 0.4) is 0 Å². The molecule has 0 radical (unpaired) electrons. The predicted molar refractivity (Wildman–Crippen MR) is 65.4 cm³/mol. The molecule has 1 heteroatoms. The van der Waals surface area contributed by atoms with Crippen molar-refractivity contribution < 1.29 is 0 Å². The lowest BCUT2D eigenvalue weighted by Gasteiger charge is -2.18. The van der Waals surface area contributed by atoms with Gasteiger partial charge in [-0.3, -0.25) is 0 Å². The minimum Gasteiger partial charge on any atom is -0.0940 e. The average molecular weight is 202 g/mol. The van der Waals surface area contributed by atoms with Gasteiger partial charge in [0.05, 0.1) is 0 Å². The molecule has 0 N–H and O–H groups in total. The number of rotatable bonds is 3. The first-order chi connectivity index (χ1) is 6.68. The van der Waals surface area contributed by atoms with Gasteiger partial charge in [-0.15, -0.1) is 0 Å². The summed E-state index contributed by atoms with van der Waals surface area (Å²) in [6.45, 7) is 4.84. The van der Waals surface area contributed by atoms with Crippen LogP contribution in [0.4, 0.5) is 0 Å². The molecule has 0 nitrogen and oxygen atoms in total. The summed E-state index contributed by atoms with van der Waals surface area (Å²) in [5, 5.41) is 1.54. The minimum absolute atomic E-state index is 0.908. The molecule has 1 fully saturated rings. The molecule has 2 rings (SSSR count). The fourth-order valence-corrected chi connectivity index (χ4v) is 3.63. The molecule has 0 amide bonds. The zero-order chi connectivity index (χ0) is 10.0. The third-order valence-corrected chi connectivity index (χ3v) is 5.77. The average Bonchev–Trinajstić information content (AvgIpc) is 3.00. The lowest BCUT2D eigenvalue weighted by Crippen LogP contribution is -2.39. The van der Waals surface area contributed by atoms with Gasteiger partial charge < -0.3 is 0 Å². The normalized spacial score (nSPS) is 17.6. The van der Waals surface area contributed by atoms with Gasteiger partial charge in [0.2, 0.25) is 0 Å². The number of benzene rings is 1. The molecule has 0 aliphatic heterocycles. The first-order valence-electron chi connectivity index (χ1n) is 5.43. The highest BCUT2D eigenvalue weighted by atomic mass is 28.3. The van der Waals surface area contributed by atoms with E-state index in [1.807, 2.05) is 0 Å². The highest BCUT2D eigenvalue weighted by molar-refractivity contribution is 6.93. The van der Waals surface area contributed by atoms with Crippen molar-refractivity contribution in [2.75, 3.05) is 0 Å². The Bertz CT molecular complexity index is 320. The van der Waals surface area contributed by atoms with Crippen molar-refractivity contribution in [3.63, 3.8) is 0 Å². The zero-order valence-corrected chi connectivity index (χ0v) is 10.0. The van der Waals surface area contributed by atoms with Gasteiger partial charge in [0.15, 0.2) is 0 Å². The Kier molecular flexibility index (Phi) is 2.59. The third-order valence-electron chi connectivity index (χ3n) is 2.92. The maximum Gasteiger partial charge on any atom is 0.103 e. The van der Waals surface area contributed by atoms with Crippen molar-refractivity contribution in [3.8, 4) is 0 Å². The molecule has 14 heavy (non-hydrogen) atoms. The van der Waals surface area contributed by atoms with Gasteiger partial charge in [0.1, 0.15) is 8.07 Å². The molecule has 0 aromatic heterocycles. The Morgan fingerprint density at radius 3 is 2.36 bits per heavy atom. The van der Waals surface area contributed by atoms with Crippen molar-refractivity contribution in [2.24, 2.45) is 5.92 Å². The summed E-state index contributed by atoms with van der Waals surface area (Å²) < 4.78 is 0. The van der Waals surface area contributed by atoms with Gasteiger partial charge in [0.25, 0.3) is 0 Å². The van der Waals surface area contributed by atoms with Gasteiger partial charge >= 0.3 is 0 Å². The Hall–Kier alpha value is -0.823. The quantitative estimate of drug-likeness (QED) is 0.661. The molecule has 0 bridgehead atoms. The highest BCUT2D eigenvalue weighted by Crippen LogP contribution is 2.30. The predicted octanol–water partition coefficient (Wildman–Crippen LogP) is 3.11. The van der Waals surface area contributed by atoms with Crippen LogP contribution in [0.5, 0.6) is 0 Å². The molecule has 1 aromatic carbocycles. The van der Waals surface area contributed by atoms with Crippen LogP contribution in [0.25, 0.3) is 0 Å². The van der Waals surface area contributed by atoms with Crippen molar-refractivity contribution in [1.29, 1.82) is 0 Å². The molecule has 0 saturated heterocycles. The fraction of sp³-hybridized carbons (Fsp3) is 0.385. The van der Waals surface area contributed by atoms with E-state index in [1.54, 1.807) is 0 Å². The molecular formula is C13H18Si. The summed E-state index contributed by atoms with van der Waals surface area (Å²) >= 11 is 0. The van der Waals surface area contributed by atoms with Crippen LogP contribution >= 0.6 is 0 Å². The molecule has 0 heterocycles. The van der Waals surface area contributed by atoms with Gasteiger partial charge in [-0.2, -0.15) is 0 Å². The van der Waals surface area contributed by atoms with E-state index < -0.39 is 8.07 Å². The molecular weight excluding hydrogens is 184 g/mol. The molecule has 0 spiro atoms. The van der Waals surface area contributed by atoms with E-state index in [2.05, 4.69) is 55.2 Å². The summed E-state index contributed by atoms with van der Waals surface area (Å²) in [5.74, 6) is 0.908. The number of allylic oxidation sites excluding steroid dienone is 1. The molecule has 1 aliphatic rings. The fourth-order valence-electron chi connectivity index (χ4n) is 1.63. The Morgan fingerprint density at radius 1 is 1.14 bits per heavy atom. The summed E-state index contributed by atoms with van der Waals surface area (Å²) in [5.41, 5.74) is 2.50. The topological polar surface area (TPSA) is 0 Å². The van der Waals surface area contributed by atoms with Gasteiger partial charge in [-0.05, 0) is 18.8 Å². The third kappa shape index (κ3) is 2.35. The van der Waals surface area contributed by atoms with Crippen LogP contribution in [-0.2, 0) is 0 Å². The van der Waals surface area contributed by atoms with Crippen LogP contribution < -0.4 is 5.19 Å². The zero-order valence-electron chi connectivity index (χ0n) is 9.03. The standard InChI is InChI=1S/C13H18Si/c1-14(2,11-10-12-8-9-12)13-6-4-3-5-7-13/h3-7,10-12H,8-9H2,1-2H3/b11-10+. The maximum absolute atomic E-state index is 2.50. The van der Waals surface area contributed by atoms with E-state index in [0.717, 1.165) is 5.92 Å². The van der Waals surface area contributed by atoms with Crippen molar-refractivity contribution in [3.05, 3.63) is 42.1 Å². The van der Waals surface area contributed by atoms with E-state index in [-0.39, 0.29) is 0 Å². The lowest BCUT2D eigenvalue weighted by atomic mass is 10.4. The van der Waals surface area contributed by atoms with Crippen LogP contribution in [0.15, 0.2) is 42.1 Å². The summed E-state index contributed by atoms with van der Waals surface area (Å²) in [6.07, 6.45) is 5.27. The second-order valence-corrected chi connectivity index (χ2v) is 9.14. The van der Waals surface area contributed by atoms with Crippen LogP contribution in [-0.4, -0.2) is 8.07 Å². The van der Waals surface area contributed by atoms with Gasteiger partial charge in [-0.1, -0.05) is 60.4 Å². The molecule has 0 atom stereocenters. The summed E-state index contributed by atoms with van der Waals surface area (Å²) in [6, 6.07) is 10.9. The first kappa shape index (κ1) is 9.72. The van der Waals surface area contributed by atoms with Crippen molar-refractivity contribution in [1.82, 2.24) is 0 Å². The van der Waals surface area contributed by atoms with Crippen LogP contribution in [0, 0.1) is 5.92 Å². The Balaban J connectivity index is 2.14. The summed E-state index contributed by atoms with van der Waals surface area (Å²) in [4.78, 5) is 0. The van der Waals surface area contributed by atoms with Crippen LogP contribution in [0.1, 0.15) is 12.8 Å². The molecule has 1 saturated carbocycles. The largest absolute Gasteiger partial charge is 0.103 e. The number of hydrogen-bond donors (Lipinski definition) is 0. The molecule has 1 aliphatic carbocycles. The maximum atomic E-state index is 2.50. The Labute approximate surface area is 87.7 Å². The minimum atomic E-state index is -1.28. The van der Waals surface area contributed by atoms with Crippen molar-refractivity contribution >= 4 is 13.3 Å². The van der Waals surface area contributed by atoms with E-state index in [4.69, 9.17) is 0 Å². The van der Waals surface area contributed by atoms with E-state index >= 15 is 0 Å². The first-order valence-corrected chi connectivity index (χ1v) is 8.51. The smallest absolute Gasteiger partial charge is 0.0940 e. The van der Waals surface area contributed by atoms with Crippen LogP contribution in [0.2, 0.25) is 13.1 Å². The van der Waals surface area contributed by atoms with Gasteiger partial charge in [0, 0.05) is 0 Å². The molecule has 74 valence electrons.